The van der Waals surface area contributed by atoms with E-state index in [0.717, 1.165) is 29.2 Å². The standard InChI is InChI=1S/C24H28F2N6O2.CH4/c1-13(2)22-24(33)30-21-14(3)28-20(29-23(21)31(22)4)7-6-15-10-27-32(11-15)12-16-8-17(25)18(26)9-19(16)34-5;/h8-11,13,22H,6-7,12H2,1-5H3,(H,30,33);1H4/t22-;/m0./s1. The van der Waals surface area contributed by atoms with Gasteiger partial charge in [-0.2, -0.15) is 5.10 Å². The fraction of sp³-hybridized carbons (Fsp3) is 0.440. The highest BCUT2D eigenvalue weighted by Gasteiger charge is 2.35. The molecule has 0 spiro atoms. The van der Waals surface area contributed by atoms with Crippen molar-refractivity contribution in [1.82, 2.24) is 19.7 Å². The summed E-state index contributed by atoms with van der Waals surface area (Å²) >= 11 is 0. The van der Waals surface area contributed by atoms with Crippen LogP contribution in [0.25, 0.3) is 0 Å². The molecular weight excluding hydrogens is 454 g/mol. The minimum atomic E-state index is -0.952. The number of amides is 1. The average Bonchev–Trinajstić information content (AvgIpc) is 3.22. The molecule has 4 rings (SSSR count). The lowest BCUT2D eigenvalue weighted by Gasteiger charge is -2.36. The fourth-order valence-corrected chi connectivity index (χ4v) is 4.32. The van der Waals surface area contributed by atoms with Crippen molar-refractivity contribution in [3.63, 3.8) is 0 Å². The maximum absolute atomic E-state index is 13.7. The Kier molecular flexibility index (Phi) is 7.72. The first-order valence-corrected chi connectivity index (χ1v) is 11.1. The molecular formula is C25H32F2N6O2. The number of hydrogen-bond donors (Lipinski definition) is 1. The SMILES string of the molecule is C.COc1cc(F)c(F)cc1Cn1cc(CCc2nc(C)c3c(n2)N(C)[C@@H](C(C)C)C(=O)N3)cn1. The van der Waals surface area contributed by atoms with Crippen LogP contribution in [-0.2, 0) is 24.2 Å². The van der Waals surface area contributed by atoms with Crippen molar-refractivity contribution >= 4 is 17.4 Å². The summed E-state index contributed by atoms with van der Waals surface area (Å²) in [6.07, 6.45) is 4.82. The number of methoxy groups -OCH3 is 1. The van der Waals surface area contributed by atoms with E-state index in [-0.39, 0.29) is 37.6 Å². The van der Waals surface area contributed by atoms with Crippen LogP contribution in [0.2, 0.25) is 0 Å². The molecule has 8 nitrogen and oxygen atoms in total. The second kappa shape index (κ2) is 10.4. The second-order valence-corrected chi connectivity index (χ2v) is 8.84. The minimum Gasteiger partial charge on any atom is -0.496 e. The summed E-state index contributed by atoms with van der Waals surface area (Å²) in [5, 5.41) is 7.29. The second-order valence-electron chi connectivity index (χ2n) is 8.84. The molecule has 2 aromatic heterocycles. The van der Waals surface area contributed by atoms with E-state index < -0.39 is 11.6 Å². The van der Waals surface area contributed by atoms with Crippen LogP contribution < -0.4 is 15.0 Å². The van der Waals surface area contributed by atoms with E-state index in [1.165, 1.54) is 7.11 Å². The molecule has 1 aliphatic rings. The monoisotopic (exact) mass is 486 g/mol. The van der Waals surface area contributed by atoms with Gasteiger partial charge in [0.2, 0.25) is 5.91 Å². The number of nitrogens with zero attached hydrogens (tertiary/aromatic N) is 5. The summed E-state index contributed by atoms with van der Waals surface area (Å²) in [6, 6.07) is 1.87. The highest BCUT2D eigenvalue weighted by atomic mass is 19.2. The van der Waals surface area contributed by atoms with Gasteiger partial charge in [-0.05, 0) is 30.9 Å². The van der Waals surface area contributed by atoms with Crippen molar-refractivity contribution in [2.45, 2.75) is 53.6 Å². The third kappa shape index (κ3) is 5.26. The van der Waals surface area contributed by atoms with Crippen LogP contribution in [0.15, 0.2) is 24.5 Å². The van der Waals surface area contributed by atoms with Gasteiger partial charge < -0.3 is 15.0 Å². The number of fused-ring (bicyclic) bond motifs is 1. The largest absolute Gasteiger partial charge is 0.496 e. The molecule has 3 aromatic rings. The van der Waals surface area contributed by atoms with E-state index in [1.54, 1.807) is 10.9 Å². The molecule has 0 unspecified atom stereocenters. The van der Waals surface area contributed by atoms with Crippen LogP contribution >= 0.6 is 0 Å². The molecule has 0 saturated heterocycles. The third-order valence-electron chi connectivity index (χ3n) is 6.00. The molecule has 0 saturated carbocycles. The Balaban J connectivity index is 0.00000342. The lowest BCUT2D eigenvalue weighted by Crippen LogP contribution is -2.49. The number of nitrogens with one attached hydrogen (secondary N) is 1. The minimum absolute atomic E-state index is 0. The van der Waals surface area contributed by atoms with Gasteiger partial charge in [0.15, 0.2) is 17.5 Å². The van der Waals surface area contributed by atoms with Gasteiger partial charge in [0, 0.05) is 31.3 Å². The zero-order chi connectivity index (χ0) is 24.6. The predicted octanol–water partition coefficient (Wildman–Crippen LogP) is 4.15. The highest BCUT2D eigenvalue weighted by molar-refractivity contribution is 6.03. The Bertz CT molecular complexity index is 1230. The van der Waals surface area contributed by atoms with Crippen molar-refractivity contribution in [1.29, 1.82) is 0 Å². The molecule has 188 valence electrons. The molecule has 0 bridgehead atoms. The smallest absolute Gasteiger partial charge is 0.247 e. The van der Waals surface area contributed by atoms with Crippen molar-refractivity contribution < 1.29 is 18.3 Å². The number of anilines is 2. The summed E-state index contributed by atoms with van der Waals surface area (Å²) in [5.41, 5.74) is 2.83. The van der Waals surface area contributed by atoms with Gasteiger partial charge in [0.1, 0.15) is 23.3 Å². The number of carbonyl (C=O) groups is 1. The highest BCUT2D eigenvalue weighted by Crippen LogP contribution is 2.33. The number of hydrogen-bond acceptors (Lipinski definition) is 6. The van der Waals surface area contributed by atoms with Crippen molar-refractivity contribution in [3.8, 4) is 5.75 Å². The number of benzene rings is 1. The fourth-order valence-electron chi connectivity index (χ4n) is 4.32. The number of carbonyl (C=O) groups excluding carboxylic acids is 1. The van der Waals surface area contributed by atoms with Gasteiger partial charge in [0.25, 0.3) is 0 Å². The molecule has 0 aliphatic carbocycles. The summed E-state index contributed by atoms with van der Waals surface area (Å²) in [7, 11) is 3.30. The number of likely N-dealkylation sites (N-methyl/N-ethyl adjacent to an activating group) is 1. The number of halogens is 2. The zero-order valence-corrected chi connectivity index (χ0v) is 19.9. The summed E-state index contributed by atoms with van der Waals surface area (Å²) < 4.78 is 34.0. The summed E-state index contributed by atoms with van der Waals surface area (Å²) in [6.45, 7) is 6.12. The predicted molar refractivity (Wildman–Crippen MR) is 131 cm³/mol. The molecule has 0 radical (unpaired) electrons. The van der Waals surface area contributed by atoms with Gasteiger partial charge in [-0.1, -0.05) is 21.3 Å². The van der Waals surface area contributed by atoms with Gasteiger partial charge in [-0.25, -0.2) is 18.7 Å². The molecule has 1 aliphatic heterocycles. The molecule has 3 heterocycles. The molecule has 0 fully saturated rings. The number of aryl methyl sites for hydroxylation is 3. The van der Waals surface area contributed by atoms with Crippen LogP contribution in [0.1, 0.15) is 43.9 Å². The molecule has 1 amide bonds. The normalized spacial score (nSPS) is 15.0. The van der Waals surface area contributed by atoms with Crippen molar-refractivity contribution in [2.24, 2.45) is 5.92 Å². The quantitative estimate of drug-likeness (QED) is 0.540. The van der Waals surface area contributed by atoms with E-state index in [1.807, 2.05) is 38.9 Å². The first-order chi connectivity index (χ1) is 16.2. The first-order valence-electron chi connectivity index (χ1n) is 11.1. The molecule has 1 aromatic carbocycles. The lowest BCUT2D eigenvalue weighted by molar-refractivity contribution is -0.118. The maximum Gasteiger partial charge on any atom is 0.247 e. The Labute approximate surface area is 204 Å². The molecule has 35 heavy (non-hydrogen) atoms. The maximum atomic E-state index is 13.7. The number of aromatic nitrogens is 4. The van der Waals surface area contributed by atoms with E-state index in [4.69, 9.17) is 9.72 Å². The van der Waals surface area contributed by atoms with Crippen molar-refractivity contribution in [2.75, 3.05) is 24.4 Å². The lowest BCUT2D eigenvalue weighted by atomic mass is 9.99. The van der Waals surface area contributed by atoms with Crippen LogP contribution in [0.3, 0.4) is 0 Å². The number of ether oxygens (including phenoxy) is 1. The topological polar surface area (TPSA) is 85.2 Å². The van der Waals surface area contributed by atoms with Crippen LogP contribution in [0.4, 0.5) is 20.3 Å². The van der Waals surface area contributed by atoms with E-state index in [2.05, 4.69) is 15.4 Å². The molecule has 1 atom stereocenters. The first kappa shape index (κ1) is 26.1. The van der Waals surface area contributed by atoms with Gasteiger partial charge in [0.05, 0.1) is 25.5 Å². The Hall–Kier alpha value is -3.56. The molecule has 10 heteroatoms. The molecule has 1 N–H and O–H groups in total. The van der Waals surface area contributed by atoms with E-state index in [9.17, 15) is 13.6 Å². The van der Waals surface area contributed by atoms with Crippen LogP contribution in [0, 0.1) is 24.5 Å². The van der Waals surface area contributed by atoms with Gasteiger partial charge in [-0.15, -0.1) is 0 Å². The average molecular weight is 487 g/mol. The Morgan fingerprint density at radius 2 is 1.89 bits per heavy atom. The van der Waals surface area contributed by atoms with Gasteiger partial charge >= 0.3 is 0 Å². The summed E-state index contributed by atoms with van der Waals surface area (Å²) in [5.74, 6) is -0.120. The summed E-state index contributed by atoms with van der Waals surface area (Å²) in [4.78, 5) is 23.7. The Morgan fingerprint density at radius 3 is 2.57 bits per heavy atom. The van der Waals surface area contributed by atoms with Gasteiger partial charge in [-0.3, -0.25) is 9.48 Å². The van der Waals surface area contributed by atoms with Crippen LogP contribution in [0.5, 0.6) is 5.75 Å². The Morgan fingerprint density at radius 1 is 1.17 bits per heavy atom. The van der Waals surface area contributed by atoms with Crippen LogP contribution in [-0.4, -0.2) is 45.9 Å². The van der Waals surface area contributed by atoms with E-state index >= 15 is 0 Å². The van der Waals surface area contributed by atoms with E-state index in [0.29, 0.717) is 29.9 Å². The third-order valence-corrected chi connectivity index (χ3v) is 6.00. The number of rotatable bonds is 7. The zero-order valence-electron chi connectivity index (χ0n) is 19.9. The van der Waals surface area contributed by atoms with Crippen molar-refractivity contribution in [3.05, 3.63) is 58.8 Å².